The molecule has 3 rings (SSSR count). The van der Waals surface area contributed by atoms with Gasteiger partial charge in [0.15, 0.2) is 0 Å². The summed E-state index contributed by atoms with van der Waals surface area (Å²) in [4.78, 5) is 14.4. The molecule has 0 spiro atoms. The number of rotatable bonds is 5. The van der Waals surface area contributed by atoms with Gasteiger partial charge in [-0.1, -0.05) is 39.0 Å². The Morgan fingerprint density at radius 2 is 2.00 bits per heavy atom. The second-order valence-electron chi connectivity index (χ2n) is 7.87. The maximum Gasteiger partial charge on any atom is 0.291 e. The van der Waals surface area contributed by atoms with Gasteiger partial charge < -0.3 is 14.2 Å². The summed E-state index contributed by atoms with van der Waals surface area (Å²) in [6.07, 6.45) is 3.08. The monoisotopic (exact) mass is 356 g/mol. The van der Waals surface area contributed by atoms with E-state index < -0.39 is 0 Å². The number of carbonyl (C=O) groups excluding carboxylic acids is 1. The van der Waals surface area contributed by atoms with Crippen LogP contribution in [0.5, 0.6) is 5.75 Å². The minimum atomic E-state index is -0.0987. The van der Waals surface area contributed by atoms with Crippen molar-refractivity contribution >= 4 is 5.91 Å². The van der Waals surface area contributed by atoms with Crippen molar-refractivity contribution < 1.29 is 9.53 Å². The Hall–Kier alpha value is -2.37. The van der Waals surface area contributed by atoms with Crippen LogP contribution in [0.3, 0.4) is 0 Å². The number of ether oxygens (including phenoxy) is 1. The van der Waals surface area contributed by atoms with Crippen molar-refractivity contribution in [3.05, 3.63) is 41.5 Å². The average Bonchev–Trinajstić information content (AvgIpc) is 3.04. The fourth-order valence-corrected chi connectivity index (χ4v) is 3.24. The van der Waals surface area contributed by atoms with Crippen molar-refractivity contribution in [2.24, 2.45) is 0 Å². The van der Waals surface area contributed by atoms with Crippen LogP contribution in [0.1, 0.15) is 55.6 Å². The van der Waals surface area contributed by atoms with E-state index in [1.807, 2.05) is 22.8 Å². The molecule has 1 amide bonds. The lowest BCUT2D eigenvalue weighted by Gasteiger charge is -2.24. The molecule has 0 saturated heterocycles. The predicted molar refractivity (Wildman–Crippen MR) is 101 cm³/mol. The Kier molecular flexibility index (Phi) is 5.30. The summed E-state index contributed by atoms with van der Waals surface area (Å²) in [6.45, 7) is 8.26. The molecule has 0 radical (unpaired) electrons. The molecular formula is C20H28N4O2. The van der Waals surface area contributed by atoms with Crippen LogP contribution in [0.15, 0.2) is 24.3 Å². The Bertz CT molecular complexity index is 776. The zero-order valence-electron chi connectivity index (χ0n) is 16.2. The highest BCUT2D eigenvalue weighted by molar-refractivity contribution is 5.90. The Labute approximate surface area is 155 Å². The van der Waals surface area contributed by atoms with Crippen molar-refractivity contribution in [3.63, 3.8) is 0 Å². The van der Waals surface area contributed by atoms with Gasteiger partial charge in [0.05, 0.1) is 6.54 Å². The van der Waals surface area contributed by atoms with Crippen LogP contribution in [0.2, 0.25) is 0 Å². The first kappa shape index (κ1) is 18.4. The maximum atomic E-state index is 12.7. The molecule has 6 heteroatoms. The number of likely N-dealkylation sites (N-methyl/N-ethyl adjacent to an activating group) is 1. The number of amides is 1. The zero-order valence-corrected chi connectivity index (χ0v) is 16.2. The van der Waals surface area contributed by atoms with Crippen molar-refractivity contribution in [3.8, 4) is 5.75 Å². The summed E-state index contributed by atoms with van der Waals surface area (Å²) in [5.41, 5.74) is 1.18. The molecule has 1 aliphatic rings. The Morgan fingerprint density at radius 3 is 2.77 bits per heavy atom. The van der Waals surface area contributed by atoms with Crippen molar-refractivity contribution in [1.82, 2.24) is 19.7 Å². The van der Waals surface area contributed by atoms with Crippen LogP contribution in [-0.2, 0) is 18.4 Å². The van der Waals surface area contributed by atoms with E-state index in [1.165, 1.54) is 5.56 Å². The first-order chi connectivity index (χ1) is 12.4. The van der Waals surface area contributed by atoms with Gasteiger partial charge in [0.2, 0.25) is 5.82 Å². The second-order valence-corrected chi connectivity index (χ2v) is 7.87. The molecule has 140 valence electrons. The number of hydrogen-bond acceptors (Lipinski definition) is 4. The molecule has 1 aromatic carbocycles. The van der Waals surface area contributed by atoms with Crippen LogP contribution < -0.4 is 4.74 Å². The summed E-state index contributed by atoms with van der Waals surface area (Å²) < 4.78 is 7.93. The van der Waals surface area contributed by atoms with Crippen LogP contribution in [0, 0.1) is 0 Å². The third-order valence-electron chi connectivity index (χ3n) is 4.78. The van der Waals surface area contributed by atoms with Gasteiger partial charge in [-0.15, -0.1) is 10.2 Å². The molecule has 6 nitrogen and oxygen atoms in total. The van der Waals surface area contributed by atoms with Gasteiger partial charge in [0.1, 0.15) is 18.2 Å². The number of aryl methyl sites for hydroxylation is 1. The molecule has 0 aliphatic carbocycles. The number of benzene rings is 1. The molecule has 26 heavy (non-hydrogen) atoms. The topological polar surface area (TPSA) is 60.2 Å². The molecule has 1 aromatic heterocycles. The molecular weight excluding hydrogens is 328 g/mol. The maximum absolute atomic E-state index is 12.7. The summed E-state index contributed by atoms with van der Waals surface area (Å²) in [5, 5.41) is 8.27. The Balaban J connectivity index is 1.61. The highest BCUT2D eigenvalue weighted by Gasteiger charge is 2.24. The summed E-state index contributed by atoms with van der Waals surface area (Å²) in [6, 6.07) is 8.07. The summed E-state index contributed by atoms with van der Waals surface area (Å²) in [5.74, 6) is 2.14. The fourth-order valence-electron chi connectivity index (χ4n) is 3.24. The number of nitrogens with zero attached hydrogens (tertiary/aromatic N) is 4. The number of carbonyl (C=O) groups is 1. The average molecular weight is 356 g/mol. The lowest BCUT2D eigenvalue weighted by atomic mass is 9.86. The lowest BCUT2D eigenvalue weighted by Crippen LogP contribution is -2.33. The minimum Gasteiger partial charge on any atom is -0.491 e. The van der Waals surface area contributed by atoms with Gasteiger partial charge in [-0.2, -0.15) is 0 Å². The van der Waals surface area contributed by atoms with Gasteiger partial charge in [0, 0.05) is 20.0 Å². The minimum absolute atomic E-state index is 0.0128. The quantitative estimate of drug-likeness (QED) is 0.826. The standard InChI is InChI=1S/C20H28N4O2/c1-20(2,3)15-9-5-6-10-16(15)26-14-13-23(4)19(25)18-22-21-17-11-7-8-12-24(17)18/h5-6,9-10H,7-8,11-14H2,1-4H3. The number of para-hydroxylation sites is 1. The fraction of sp³-hybridized carbons (Fsp3) is 0.550. The zero-order chi connectivity index (χ0) is 18.7. The van der Waals surface area contributed by atoms with Gasteiger partial charge >= 0.3 is 0 Å². The molecule has 1 aliphatic heterocycles. The highest BCUT2D eigenvalue weighted by atomic mass is 16.5. The molecule has 0 N–H and O–H groups in total. The SMILES string of the molecule is CN(CCOc1ccccc1C(C)(C)C)C(=O)c1nnc2n1CCCC2. The first-order valence-electron chi connectivity index (χ1n) is 9.28. The molecule has 0 fully saturated rings. The summed E-state index contributed by atoms with van der Waals surface area (Å²) in [7, 11) is 1.78. The van der Waals surface area contributed by atoms with Crippen molar-refractivity contribution in [2.45, 2.75) is 52.0 Å². The number of hydrogen-bond donors (Lipinski definition) is 0. The van der Waals surface area contributed by atoms with E-state index in [-0.39, 0.29) is 11.3 Å². The number of aromatic nitrogens is 3. The van der Waals surface area contributed by atoms with E-state index in [4.69, 9.17) is 4.74 Å². The third kappa shape index (κ3) is 3.89. The lowest BCUT2D eigenvalue weighted by molar-refractivity contribution is 0.0754. The second kappa shape index (κ2) is 7.48. The van der Waals surface area contributed by atoms with Gasteiger partial charge in [-0.25, -0.2) is 0 Å². The van der Waals surface area contributed by atoms with E-state index in [0.717, 1.165) is 37.4 Å². The first-order valence-corrected chi connectivity index (χ1v) is 9.28. The van der Waals surface area contributed by atoms with E-state index in [9.17, 15) is 4.79 Å². The molecule has 2 heterocycles. The van der Waals surface area contributed by atoms with Crippen LogP contribution in [0.4, 0.5) is 0 Å². The van der Waals surface area contributed by atoms with Gasteiger partial charge in [-0.3, -0.25) is 4.79 Å². The molecule has 0 saturated carbocycles. The number of fused-ring (bicyclic) bond motifs is 1. The van der Waals surface area contributed by atoms with Crippen molar-refractivity contribution in [1.29, 1.82) is 0 Å². The molecule has 0 bridgehead atoms. The largest absolute Gasteiger partial charge is 0.491 e. The van der Waals surface area contributed by atoms with Crippen molar-refractivity contribution in [2.75, 3.05) is 20.2 Å². The predicted octanol–water partition coefficient (Wildman–Crippen LogP) is 3.06. The normalized spacial score (nSPS) is 14.0. The van der Waals surface area contributed by atoms with Gasteiger partial charge in [-0.05, 0) is 29.9 Å². The van der Waals surface area contributed by atoms with E-state index in [1.54, 1.807) is 11.9 Å². The van der Waals surface area contributed by atoms with Crippen LogP contribution >= 0.6 is 0 Å². The molecule has 2 aromatic rings. The molecule has 0 atom stereocenters. The van der Waals surface area contributed by atoms with Crippen LogP contribution in [-0.4, -0.2) is 45.8 Å². The van der Waals surface area contributed by atoms with Gasteiger partial charge in [0.25, 0.3) is 5.91 Å². The van der Waals surface area contributed by atoms with E-state index >= 15 is 0 Å². The smallest absolute Gasteiger partial charge is 0.291 e. The summed E-state index contributed by atoms with van der Waals surface area (Å²) >= 11 is 0. The highest BCUT2D eigenvalue weighted by Crippen LogP contribution is 2.30. The Morgan fingerprint density at radius 1 is 1.23 bits per heavy atom. The van der Waals surface area contributed by atoms with E-state index in [0.29, 0.717) is 19.0 Å². The van der Waals surface area contributed by atoms with Crippen LogP contribution in [0.25, 0.3) is 0 Å². The van der Waals surface area contributed by atoms with E-state index in [2.05, 4.69) is 37.0 Å². The third-order valence-corrected chi connectivity index (χ3v) is 4.78. The molecule has 0 unspecified atom stereocenters.